The number of thioether (sulfide) groups is 1. The predicted octanol–water partition coefficient (Wildman–Crippen LogP) is 1.23. The summed E-state index contributed by atoms with van der Waals surface area (Å²) in [6.07, 6.45) is 2.54. The minimum Gasteiger partial charge on any atom is -0.327 e. The van der Waals surface area contributed by atoms with Crippen molar-refractivity contribution in [1.82, 2.24) is 0 Å². The van der Waals surface area contributed by atoms with Gasteiger partial charge in [0.2, 0.25) is 0 Å². The number of hydrogen-bond donors (Lipinski definition) is 1. The van der Waals surface area contributed by atoms with Crippen molar-refractivity contribution >= 4 is 11.8 Å². The molecular formula is C6H13NS. The lowest BCUT2D eigenvalue weighted by atomic mass is 10.1. The Bertz CT molecular complexity index is 56.9. The average molecular weight is 131 g/mol. The minimum atomic E-state index is 0.483. The van der Waals surface area contributed by atoms with Crippen LogP contribution < -0.4 is 5.73 Å². The molecule has 0 spiro atoms. The summed E-state index contributed by atoms with van der Waals surface area (Å²) in [5.41, 5.74) is 5.68. The Labute approximate surface area is 55.0 Å². The summed E-state index contributed by atoms with van der Waals surface area (Å²) in [7, 11) is 0. The standard InChI is InChI=1S/C6H13NS/c1-5-2-3-6(7)4-8-5/h5-6H,2-4,7H2,1H3. The van der Waals surface area contributed by atoms with Crippen molar-refractivity contribution in [3.8, 4) is 0 Å². The van der Waals surface area contributed by atoms with Crippen LogP contribution in [0.4, 0.5) is 0 Å². The molecule has 1 heterocycles. The molecule has 2 N–H and O–H groups in total. The third-order valence-electron chi connectivity index (χ3n) is 1.54. The van der Waals surface area contributed by atoms with Crippen molar-refractivity contribution in [2.75, 3.05) is 5.75 Å². The fourth-order valence-electron chi connectivity index (χ4n) is 0.903. The molecule has 1 rings (SSSR count). The van der Waals surface area contributed by atoms with Gasteiger partial charge in [0.15, 0.2) is 0 Å². The van der Waals surface area contributed by atoms with E-state index in [4.69, 9.17) is 5.73 Å². The molecule has 0 aromatic rings. The lowest BCUT2D eigenvalue weighted by molar-refractivity contribution is 0.607. The highest BCUT2D eigenvalue weighted by Crippen LogP contribution is 2.23. The number of rotatable bonds is 0. The first-order valence-corrected chi connectivity index (χ1v) is 4.21. The van der Waals surface area contributed by atoms with E-state index < -0.39 is 0 Å². The molecule has 0 amide bonds. The van der Waals surface area contributed by atoms with Gasteiger partial charge in [0.25, 0.3) is 0 Å². The van der Waals surface area contributed by atoms with Gasteiger partial charge in [-0.1, -0.05) is 6.92 Å². The molecule has 0 aliphatic carbocycles. The van der Waals surface area contributed by atoms with E-state index in [-0.39, 0.29) is 0 Å². The molecule has 1 nitrogen and oxygen atoms in total. The Morgan fingerprint density at radius 1 is 1.50 bits per heavy atom. The molecule has 0 aromatic heterocycles. The van der Waals surface area contributed by atoms with Crippen LogP contribution >= 0.6 is 11.8 Å². The van der Waals surface area contributed by atoms with Crippen molar-refractivity contribution in [3.05, 3.63) is 0 Å². The molecule has 2 unspecified atom stereocenters. The highest BCUT2D eigenvalue weighted by molar-refractivity contribution is 7.99. The first-order valence-electron chi connectivity index (χ1n) is 3.16. The zero-order valence-corrected chi connectivity index (χ0v) is 6.08. The van der Waals surface area contributed by atoms with Gasteiger partial charge >= 0.3 is 0 Å². The monoisotopic (exact) mass is 131 g/mol. The topological polar surface area (TPSA) is 26.0 Å². The first-order chi connectivity index (χ1) is 3.79. The van der Waals surface area contributed by atoms with Crippen LogP contribution in [0.15, 0.2) is 0 Å². The molecule has 1 saturated heterocycles. The molecule has 0 aromatic carbocycles. The molecule has 0 saturated carbocycles. The SMILES string of the molecule is CC1CCC(N)CS1. The summed E-state index contributed by atoms with van der Waals surface area (Å²) in [6.45, 7) is 2.27. The third-order valence-corrected chi connectivity index (χ3v) is 2.96. The van der Waals surface area contributed by atoms with E-state index in [0.717, 1.165) is 5.25 Å². The Hall–Kier alpha value is 0.310. The molecule has 1 aliphatic heterocycles. The van der Waals surface area contributed by atoms with Gasteiger partial charge in [-0.05, 0) is 12.8 Å². The molecule has 0 bridgehead atoms. The van der Waals surface area contributed by atoms with Crippen LogP contribution in [-0.4, -0.2) is 17.0 Å². The summed E-state index contributed by atoms with van der Waals surface area (Å²) in [5, 5.41) is 0.856. The van der Waals surface area contributed by atoms with Crippen LogP contribution in [-0.2, 0) is 0 Å². The first kappa shape index (κ1) is 6.43. The van der Waals surface area contributed by atoms with E-state index in [0.29, 0.717) is 6.04 Å². The Kier molecular flexibility index (Phi) is 2.20. The van der Waals surface area contributed by atoms with Gasteiger partial charge in [-0.3, -0.25) is 0 Å². The van der Waals surface area contributed by atoms with Crippen LogP contribution in [0.25, 0.3) is 0 Å². The molecule has 2 atom stereocenters. The summed E-state index contributed by atoms with van der Waals surface area (Å²) in [4.78, 5) is 0. The summed E-state index contributed by atoms with van der Waals surface area (Å²) in [6, 6.07) is 0.483. The average Bonchev–Trinajstić information content (AvgIpc) is 1.77. The Morgan fingerprint density at radius 2 is 2.25 bits per heavy atom. The molecule has 1 aliphatic rings. The maximum Gasteiger partial charge on any atom is 0.0130 e. The highest BCUT2D eigenvalue weighted by Gasteiger charge is 2.13. The van der Waals surface area contributed by atoms with Crippen molar-refractivity contribution in [3.63, 3.8) is 0 Å². The Balaban J connectivity index is 2.19. The Morgan fingerprint density at radius 3 is 2.62 bits per heavy atom. The fraction of sp³-hybridized carbons (Fsp3) is 1.00. The fourth-order valence-corrected chi connectivity index (χ4v) is 1.95. The minimum absolute atomic E-state index is 0.483. The second kappa shape index (κ2) is 2.74. The van der Waals surface area contributed by atoms with E-state index in [1.54, 1.807) is 0 Å². The van der Waals surface area contributed by atoms with Gasteiger partial charge in [0, 0.05) is 17.0 Å². The van der Waals surface area contributed by atoms with Gasteiger partial charge in [-0.2, -0.15) is 11.8 Å². The number of nitrogens with two attached hydrogens (primary N) is 1. The smallest absolute Gasteiger partial charge is 0.0130 e. The zero-order chi connectivity index (χ0) is 5.98. The third kappa shape index (κ3) is 1.67. The summed E-state index contributed by atoms with van der Waals surface area (Å²) >= 11 is 2.00. The van der Waals surface area contributed by atoms with Crippen LogP contribution in [0.5, 0.6) is 0 Å². The highest BCUT2D eigenvalue weighted by atomic mass is 32.2. The van der Waals surface area contributed by atoms with E-state index >= 15 is 0 Å². The quantitative estimate of drug-likeness (QED) is 0.535. The second-order valence-corrected chi connectivity index (χ2v) is 3.95. The lowest BCUT2D eigenvalue weighted by Crippen LogP contribution is -2.28. The maximum absolute atomic E-state index is 5.68. The van der Waals surface area contributed by atoms with Gasteiger partial charge < -0.3 is 5.73 Å². The molecular weight excluding hydrogens is 118 g/mol. The van der Waals surface area contributed by atoms with E-state index in [9.17, 15) is 0 Å². The normalized spacial score (nSPS) is 39.8. The van der Waals surface area contributed by atoms with E-state index in [2.05, 4.69) is 6.92 Å². The van der Waals surface area contributed by atoms with Gasteiger partial charge in [-0.15, -0.1) is 0 Å². The van der Waals surface area contributed by atoms with Crippen molar-refractivity contribution in [2.24, 2.45) is 5.73 Å². The van der Waals surface area contributed by atoms with E-state index in [1.807, 2.05) is 11.8 Å². The second-order valence-electron chi connectivity index (χ2n) is 2.48. The molecule has 1 fully saturated rings. The van der Waals surface area contributed by atoms with Crippen molar-refractivity contribution < 1.29 is 0 Å². The lowest BCUT2D eigenvalue weighted by Gasteiger charge is -2.21. The van der Waals surface area contributed by atoms with Crippen molar-refractivity contribution in [2.45, 2.75) is 31.1 Å². The van der Waals surface area contributed by atoms with E-state index in [1.165, 1.54) is 18.6 Å². The predicted molar refractivity (Wildman–Crippen MR) is 39.1 cm³/mol. The summed E-state index contributed by atoms with van der Waals surface area (Å²) in [5.74, 6) is 1.17. The molecule has 8 heavy (non-hydrogen) atoms. The molecule has 0 radical (unpaired) electrons. The van der Waals surface area contributed by atoms with Gasteiger partial charge in [0.05, 0.1) is 0 Å². The summed E-state index contributed by atoms with van der Waals surface area (Å²) < 4.78 is 0. The number of hydrogen-bond acceptors (Lipinski definition) is 2. The molecule has 48 valence electrons. The van der Waals surface area contributed by atoms with Crippen LogP contribution in [0.3, 0.4) is 0 Å². The largest absolute Gasteiger partial charge is 0.327 e. The van der Waals surface area contributed by atoms with Gasteiger partial charge in [-0.25, -0.2) is 0 Å². The zero-order valence-electron chi connectivity index (χ0n) is 5.26. The van der Waals surface area contributed by atoms with Crippen LogP contribution in [0.1, 0.15) is 19.8 Å². The van der Waals surface area contributed by atoms with Crippen LogP contribution in [0, 0.1) is 0 Å². The van der Waals surface area contributed by atoms with Crippen LogP contribution in [0.2, 0.25) is 0 Å². The van der Waals surface area contributed by atoms with Gasteiger partial charge in [0.1, 0.15) is 0 Å². The van der Waals surface area contributed by atoms with Crippen molar-refractivity contribution in [1.29, 1.82) is 0 Å². The molecule has 2 heteroatoms. The maximum atomic E-state index is 5.68.